The van der Waals surface area contributed by atoms with E-state index >= 15 is 0 Å². The Kier molecular flexibility index (Phi) is 3.55. The molecule has 1 aliphatic rings. The predicted molar refractivity (Wildman–Crippen MR) is 43.3 cm³/mol. The minimum atomic E-state index is 1.26. The van der Waals surface area contributed by atoms with Crippen LogP contribution in [0.4, 0.5) is 0 Å². The van der Waals surface area contributed by atoms with Gasteiger partial charge in [0.1, 0.15) is 0 Å². The zero-order valence-corrected chi connectivity index (χ0v) is 6.43. The molecule has 0 atom stereocenters. The van der Waals surface area contributed by atoms with Crippen molar-refractivity contribution in [3.63, 3.8) is 0 Å². The summed E-state index contributed by atoms with van der Waals surface area (Å²) >= 11 is 0. The van der Waals surface area contributed by atoms with Gasteiger partial charge in [-0.1, -0.05) is 33.7 Å². The maximum atomic E-state index is 2.28. The molecule has 0 fully saturated rings. The third-order valence-electron chi connectivity index (χ3n) is 0.986. The van der Waals surface area contributed by atoms with Gasteiger partial charge >= 0.3 is 0 Å². The summed E-state index contributed by atoms with van der Waals surface area (Å²) in [6.07, 6.45) is 7.09. The van der Waals surface area contributed by atoms with Crippen LogP contribution in [0.15, 0.2) is 12.2 Å². The van der Waals surface area contributed by atoms with Crippen LogP contribution in [0.2, 0.25) is 0 Å². The molecule has 0 unspecified atom stereocenters. The van der Waals surface area contributed by atoms with E-state index in [-0.39, 0.29) is 0 Å². The molecule has 8 heavy (non-hydrogen) atoms. The summed E-state index contributed by atoms with van der Waals surface area (Å²) in [4.78, 5) is 0. The van der Waals surface area contributed by atoms with Crippen molar-refractivity contribution >= 4 is 21.6 Å². The van der Waals surface area contributed by atoms with Crippen molar-refractivity contribution < 1.29 is 0 Å². The van der Waals surface area contributed by atoms with Crippen LogP contribution >= 0.6 is 21.6 Å². The molecule has 0 aromatic heterocycles. The van der Waals surface area contributed by atoms with Crippen molar-refractivity contribution in [3.8, 4) is 0 Å². The number of rotatable bonds is 0. The van der Waals surface area contributed by atoms with E-state index in [9.17, 15) is 0 Å². The average Bonchev–Trinajstić information content (AvgIpc) is 1.62. The SMILES string of the molecule is C1=C\CCSSCC/1. The molecule has 0 spiro atoms. The molecule has 0 saturated carbocycles. The minimum Gasteiger partial charge on any atom is -0.0938 e. The second-order valence-electron chi connectivity index (χ2n) is 1.69. The molecule has 46 valence electrons. The van der Waals surface area contributed by atoms with Crippen molar-refractivity contribution in [2.45, 2.75) is 12.8 Å². The van der Waals surface area contributed by atoms with E-state index in [1.54, 1.807) is 0 Å². The van der Waals surface area contributed by atoms with Crippen LogP contribution in [0.5, 0.6) is 0 Å². The summed E-state index contributed by atoms with van der Waals surface area (Å²) < 4.78 is 0. The van der Waals surface area contributed by atoms with Gasteiger partial charge < -0.3 is 0 Å². The van der Waals surface area contributed by atoms with Gasteiger partial charge in [0, 0.05) is 11.5 Å². The fourth-order valence-electron chi connectivity index (χ4n) is 0.586. The van der Waals surface area contributed by atoms with E-state index in [0.29, 0.717) is 0 Å². The summed E-state index contributed by atoms with van der Waals surface area (Å²) in [5.74, 6) is 2.59. The number of allylic oxidation sites excluding steroid dienone is 2. The zero-order valence-electron chi connectivity index (χ0n) is 4.80. The fraction of sp³-hybridized carbons (Fsp3) is 0.667. The molecule has 0 amide bonds. The summed E-state index contributed by atoms with van der Waals surface area (Å²) in [7, 11) is 3.99. The van der Waals surface area contributed by atoms with E-state index in [0.717, 1.165) is 0 Å². The van der Waals surface area contributed by atoms with E-state index in [4.69, 9.17) is 0 Å². The normalized spacial score (nSPS) is 26.0. The highest BCUT2D eigenvalue weighted by Crippen LogP contribution is 2.24. The summed E-state index contributed by atoms with van der Waals surface area (Å²) in [5, 5.41) is 0. The third kappa shape index (κ3) is 2.68. The van der Waals surface area contributed by atoms with Crippen molar-refractivity contribution in [3.05, 3.63) is 12.2 Å². The average molecular weight is 146 g/mol. The lowest BCUT2D eigenvalue weighted by Gasteiger charge is -1.99. The van der Waals surface area contributed by atoms with Crippen molar-refractivity contribution in [2.24, 2.45) is 0 Å². The smallest absolute Gasteiger partial charge is 0.00715 e. The molecular formula is C6H10S2. The Morgan fingerprint density at radius 1 is 0.875 bits per heavy atom. The van der Waals surface area contributed by atoms with Gasteiger partial charge in [-0.25, -0.2) is 0 Å². The minimum absolute atomic E-state index is 1.26. The predicted octanol–water partition coefficient (Wildman–Crippen LogP) is 2.72. The first-order valence-electron chi connectivity index (χ1n) is 2.89. The van der Waals surface area contributed by atoms with E-state index in [1.165, 1.54) is 24.3 Å². The van der Waals surface area contributed by atoms with Gasteiger partial charge in [-0.05, 0) is 12.8 Å². The van der Waals surface area contributed by atoms with E-state index in [2.05, 4.69) is 12.2 Å². The van der Waals surface area contributed by atoms with Gasteiger partial charge in [-0.15, -0.1) is 0 Å². The summed E-state index contributed by atoms with van der Waals surface area (Å²) in [6.45, 7) is 0. The highest BCUT2D eigenvalue weighted by molar-refractivity contribution is 8.76. The largest absolute Gasteiger partial charge is 0.0938 e. The van der Waals surface area contributed by atoms with E-state index in [1.807, 2.05) is 21.6 Å². The van der Waals surface area contributed by atoms with Gasteiger partial charge in [0.15, 0.2) is 0 Å². The molecule has 0 aromatic rings. The Morgan fingerprint density at radius 2 is 1.38 bits per heavy atom. The van der Waals surface area contributed by atoms with Gasteiger partial charge in [0.25, 0.3) is 0 Å². The van der Waals surface area contributed by atoms with Gasteiger partial charge in [0.2, 0.25) is 0 Å². The molecule has 0 radical (unpaired) electrons. The second kappa shape index (κ2) is 4.33. The van der Waals surface area contributed by atoms with Crippen LogP contribution in [-0.2, 0) is 0 Å². The standard InChI is InChI=1S/C6H10S2/c1-2-4-6-8-7-5-3-1/h1-2H,3-6H2/b2-1-. The third-order valence-corrected chi connectivity index (χ3v) is 3.46. The summed E-state index contributed by atoms with van der Waals surface area (Å²) in [6, 6.07) is 0. The quantitative estimate of drug-likeness (QED) is 0.381. The summed E-state index contributed by atoms with van der Waals surface area (Å²) in [5.41, 5.74) is 0. The Balaban J connectivity index is 2.17. The molecule has 1 heterocycles. The lowest BCUT2D eigenvalue weighted by molar-refractivity contribution is 1.17. The maximum Gasteiger partial charge on any atom is 0.00715 e. The molecule has 0 bridgehead atoms. The van der Waals surface area contributed by atoms with Crippen molar-refractivity contribution in [2.75, 3.05) is 11.5 Å². The first-order valence-corrected chi connectivity index (χ1v) is 5.38. The number of hydrogen-bond donors (Lipinski definition) is 0. The van der Waals surface area contributed by atoms with Crippen LogP contribution in [0, 0.1) is 0 Å². The van der Waals surface area contributed by atoms with Crippen LogP contribution in [0.1, 0.15) is 12.8 Å². The highest BCUT2D eigenvalue weighted by Gasteiger charge is 1.90. The fourth-order valence-corrected chi connectivity index (χ4v) is 2.57. The van der Waals surface area contributed by atoms with E-state index < -0.39 is 0 Å². The first-order chi connectivity index (χ1) is 4.00. The molecule has 0 N–H and O–H groups in total. The van der Waals surface area contributed by atoms with Crippen molar-refractivity contribution in [1.29, 1.82) is 0 Å². The van der Waals surface area contributed by atoms with Crippen LogP contribution in [-0.4, -0.2) is 11.5 Å². The second-order valence-corrected chi connectivity index (χ2v) is 4.39. The van der Waals surface area contributed by atoms with Gasteiger partial charge in [0.05, 0.1) is 0 Å². The molecule has 0 nitrogen and oxygen atoms in total. The highest BCUT2D eigenvalue weighted by atomic mass is 33.1. The molecule has 0 saturated heterocycles. The lowest BCUT2D eigenvalue weighted by atomic mass is 10.3. The maximum absolute atomic E-state index is 2.28. The Bertz CT molecular complexity index is 68.6. The molecule has 1 aliphatic heterocycles. The van der Waals surface area contributed by atoms with Crippen LogP contribution < -0.4 is 0 Å². The Hall–Kier alpha value is 0.440. The topological polar surface area (TPSA) is 0 Å². The zero-order chi connectivity index (χ0) is 5.66. The lowest BCUT2D eigenvalue weighted by Crippen LogP contribution is -1.79. The van der Waals surface area contributed by atoms with Crippen molar-refractivity contribution in [1.82, 2.24) is 0 Å². The molecule has 1 rings (SSSR count). The molecule has 2 heteroatoms. The number of hydrogen-bond acceptors (Lipinski definition) is 2. The molecule has 0 aromatic carbocycles. The van der Waals surface area contributed by atoms with Gasteiger partial charge in [-0.3, -0.25) is 0 Å². The first kappa shape index (κ1) is 6.56. The van der Waals surface area contributed by atoms with Gasteiger partial charge in [-0.2, -0.15) is 0 Å². The Labute approximate surface area is 58.5 Å². The Morgan fingerprint density at radius 3 is 1.88 bits per heavy atom. The molecule has 0 aliphatic carbocycles. The molecular weight excluding hydrogens is 136 g/mol. The van der Waals surface area contributed by atoms with Crippen LogP contribution in [0.25, 0.3) is 0 Å². The monoisotopic (exact) mass is 146 g/mol. The van der Waals surface area contributed by atoms with Crippen LogP contribution in [0.3, 0.4) is 0 Å².